The van der Waals surface area contributed by atoms with Crippen LogP contribution in [0.5, 0.6) is 0 Å². The number of sulfonamides is 1. The molecule has 0 aliphatic carbocycles. The van der Waals surface area contributed by atoms with E-state index in [1.54, 1.807) is 30.3 Å². The van der Waals surface area contributed by atoms with Gasteiger partial charge in [-0.05, 0) is 24.6 Å². The van der Waals surface area contributed by atoms with Crippen LogP contribution in [0.2, 0.25) is 0 Å². The summed E-state index contributed by atoms with van der Waals surface area (Å²) in [5, 5.41) is 9.60. The van der Waals surface area contributed by atoms with Gasteiger partial charge in [0.25, 0.3) is 0 Å². The zero-order valence-electron chi connectivity index (χ0n) is 12.8. The van der Waals surface area contributed by atoms with Crippen molar-refractivity contribution in [1.82, 2.24) is 4.31 Å². The first-order valence-electron chi connectivity index (χ1n) is 7.48. The van der Waals surface area contributed by atoms with Gasteiger partial charge in [-0.3, -0.25) is 0 Å². The van der Waals surface area contributed by atoms with E-state index in [0.29, 0.717) is 0 Å². The van der Waals surface area contributed by atoms with Gasteiger partial charge in [-0.2, -0.15) is 4.31 Å². The van der Waals surface area contributed by atoms with E-state index in [1.807, 2.05) is 43.3 Å². The zero-order chi connectivity index (χ0) is 16.4. The molecule has 0 spiro atoms. The lowest BCUT2D eigenvalue weighted by Gasteiger charge is -2.29. The van der Waals surface area contributed by atoms with E-state index in [1.165, 1.54) is 4.31 Å². The molecule has 23 heavy (non-hydrogen) atoms. The Bertz CT molecular complexity index is 798. The van der Waals surface area contributed by atoms with Crippen molar-refractivity contribution in [2.75, 3.05) is 6.61 Å². The smallest absolute Gasteiger partial charge is 0.244 e. The Balaban J connectivity index is 2.04. The van der Waals surface area contributed by atoms with E-state index in [-0.39, 0.29) is 11.5 Å². The Labute approximate surface area is 136 Å². The zero-order valence-corrected chi connectivity index (χ0v) is 13.6. The first kappa shape index (κ1) is 15.9. The number of aliphatic hydroxyl groups excluding tert-OH is 1. The van der Waals surface area contributed by atoms with Gasteiger partial charge in [-0.1, -0.05) is 60.2 Å². The number of rotatable bonds is 4. The number of hydrogen-bond acceptors (Lipinski definition) is 3. The topological polar surface area (TPSA) is 57.6 Å². The van der Waals surface area contributed by atoms with Gasteiger partial charge in [-0.25, -0.2) is 8.42 Å². The van der Waals surface area contributed by atoms with Crippen molar-refractivity contribution in [2.45, 2.75) is 23.9 Å². The van der Waals surface area contributed by atoms with Crippen LogP contribution in [-0.4, -0.2) is 30.5 Å². The van der Waals surface area contributed by atoms with Crippen LogP contribution < -0.4 is 0 Å². The second-order valence-corrected chi connectivity index (χ2v) is 7.48. The molecule has 0 aromatic heterocycles. The van der Waals surface area contributed by atoms with Gasteiger partial charge in [0.05, 0.1) is 23.6 Å². The molecule has 120 valence electrons. The molecule has 1 aliphatic rings. The number of aryl methyl sites for hydroxylation is 1. The van der Waals surface area contributed by atoms with E-state index in [9.17, 15) is 13.5 Å². The molecule has 0 unspecified atom stereocenters. The van der Waals surface area contributed by atoms with E-state index >= 15 is 0 Å². The normalized spacial score (nSPS) is 21.7. The lowest BCUT2D eigenvalue weighted by molar-refractivity contribution is 0.211. The van der Waals surface area contributed by atoms with Crippen LogP contribution in [0.1, 0.15) is 17.2 Å². The van der Waals surface area contributed by atoms with Crippen molar-refractivity contribution in [3.63, 3.8) is 0 Å². The summed E-state index contributed by atoms with van der Waals surface area (Å²) >= 11 is 0. The van der Waals surface area contributed by atoms with Gasteiger partial charge in [0.15, 0.2) is 0 Å². The summed E-state index contributed by atoms with van der Waals surface area (Å²) in [5.74, 6) is 0. The van der Waals surface area contributed by atoms with E-state index in [2.05, 4.69) is 0 Å². The predicted molar refractivity (Wildman–Crippen MR) is 89.4 cm³/mol. The molecule has 2 aromatic rings. The summed E-state index contributed by atoms with van der Waals surface area (Å²) in [6, 6.07) is 15.3. The number of benzene rings is 2. The van der Waals surface area contributed by atoms with Gasteiger partial charge in [0.2, 0.25) is 10.0 Å². The lowest BCUT2D eigenvalue weighted by Crippen LogP contribution is -2.39. The second kappa shape index (κ2) is 6.28. The lowest BCUT2D eigenvalue weighted by atomic mass is 10.1. The molecule has 0 bridgehead atoms. The quantitative estimate of drug-likeness (QED) is 0.878. The third-order valence-corrected chi connectivity index (χ3v) is 5.96. The van der Waals surface area contributed by atoms with Crippen LogP contribution in [0.4, 0.5) is 0 Å². The third kappa shape index (κ3) is 2.95. The number of nitrogens with zero attached hydrogens (tertiary/aromatic N) is 1. The first-order valence-corrected chi connectivity index (χ1v) is 8.92. The molecule has 4 nitrogen and oxygen atoms in total. The number of aliphatic hydroxyl groups is 1. The van der Waals surface area contributed by atoms with E-state index in [0.717, 1.165) is 11.1 Å². The molecule has 0 amide bonds. The molecule has 0 saturated heterocycles. The van der Waals surface area contributed by atoms with Crippen molar-refractivity contribution in [3.05, 3.63) is 77.9 Å². The summed E-state index contributed by atoms with van der Waals surface area (Å²) in [6.07, 6.45) is 3.59. The van der Waals surface area contributed by atoms with Crippen LogP contribution in [-0.2, 0) is 10.0 Å². The predicted octanol–water partition coefficient (Wildman–Crippen LogP) is 2.66. The van der Waals surface area contributed by atoms with Crippen molar-refractivity contribution in [3.8, 4) is 0 Å². The highest BCUT2D eigenvalue weighted by Crippen LogP contribution is 2.35. The molecular formula is C18H19NO3S. The van der Waals surface area contributed by atoms with Gasteiger partial charge >= 0.3 is 0 Å². The Morgan fingerprint density at radius 1 is 1.00 bits per heavy atom. The molecule has 2 aromatic carbocycles. The van der Waals surface area contributed by atoms with E-state index < -0.39 is 22.1 Å². The maximum absolute atomic E-state index is 13.1. The fourth-order valence-corrected chi connectivity index (χ4v) is 4.53. The SMILES string of the molecule is Cc1ccc(S(=O)(=O)N2[C@@H](CO)C=C[C@H]2c2ccccc2)cc1. The van der Waals surface area contributed by atoms with Crippen LogP contribution in [0.15, 0.2) is 71.6 Å². The standard InChI is InChI=1S/C18H19NO3S/c1-14-7-10-17(11-8-14)23(21,22)19-16(13-20)9-12-18(19)15-5-3-2-4-6-15/h2-12,16,18,20H,13H2,1H3/t16-,18+/m1/s1. The molecule has 0 radical (unpaired) electrons. The molecule has 0 saturated carbocycles. The average Bonchev–Trinajstić information content (AvgIpc) is 3.01. The fourth-order valence-electron chi connectivity index (χ4n) is 2.82. The Kier molecular flexibility index (Phi) is 4.35. The molecule has 2 atom stereocenters. The van der Waals surface area contributed by atoms with Crippen LogP contribution >= 0.6 is 0 Å². The largest absolute Gasteiger partial charge is 0.394 e. The minimum absolute atomic E-state index is 0.242. The summed E-state index contributed by atoms with van der Waals surface area (Å²) in [6.45, 7) is 1.67. The highest BCUT2D eigenvalue weighted by Gasteiger charge is 2.39. The Hall–Kier alpha value is -1.95. The summed E-state index contributed by atoms with van der Waals surface area (Å²) in [5.41, 5.74) is 1.89. The summed E-state index contributed by atoms with van der Waals surface area (Å²) < 4.78 is 27.5. The van der Waals surface area contributed by atoms with Crippen molar-refractivity contribution < 1.29 is 13.5 Å². The maximum atomic E-state index is 13.1. The van der Waals surface area contributed by atoms with Crippen LogP contribution in [0.25, 0.3) is 0 Å². The van der Waals surface area contributed by atoms with Crippen molar-refractivity contribution >= 4 is 10.0 Å². The fraction of sp³-hybridized carbons (Fsp3) is 0.222. The monoisotopic (exact) mass is 329 g/mol. The number of hydrogen-bond donors (Lipinski definition) is 1. The molecule has 1 N–H and O–H groups in total. The summed E-state index contributed by atoms with van der Waals surface area (Å²) in [7, 11) is -3.70. The van der Waals surface area contributed by atoms with Crippen molar-refractivity contribution in [1.29, 1.82) is 0 Å². The van der Waals surface area contributed by atoms with Gasteiger partial charge in [0, 0.05) is 0 Å². The van der Waals surface area contributed by atoms with Crippen LogP contribution in [0, 0.1) is 6.92 Å². The van der Waals surface area contributed by atoms with Gasteiger partial charge < -0.3 is 5.11 Å². The van der Waals surface area contributed by atoms with Crippen molar-refractivity contribution in [2.24, 2.45) is 0 Å². The molecular weight excluding hydrogens is 310 g/mol. The minimum Gasteiger partial charge on any atom is -0.394 e. The second-order valence-electron chi connectivity index (χ2n) is 5.64. The molecule has 0 fully saturated rings. The Morgan fingerprint density at radius 3 is 2.26 bits per heavy atom. The molecule has 1 heterocycles. The Morgan fingerprint density at radius 2 is 1.65 bits per heavy atom. The molecule has 1 aliphatic heterocycles. The minimum atomic E-state index is -3.70. The molecule has 5 heteroatoms. The third-order valence-electron chi connectivity index (χ3n) is 4.04. The average molecular weight is 329 g/mol. The maximum Gasteiger partial charge on any atom is 0.244 e. The van der Waals surface area contributed by atoms with Crippen LogP contribution in [0.3, 0.4) is 0 Å². The highest BCUT2D eigenvalue weighted by atomic mass is 32.2. The first-order chi connectivity index (χ1) is 11.0. The summed E-state index contributed by atoms with van der Waals surface area (Å²) in [4.78, 5) is 0.242. The van der Waals surface area contributed by atoms with Gasteiger partial charge in [0.1, 0.15) is 0 Å². The molecule has 3 rings (SSSR count). The van der Waals surface area contributed by atoms with Gasteiger partial charge in [-0.15, -0.1) is 0 Å². The highest BCUT2D eigenvalue weighted by molar-refractivity contribution is 7.89. The van der Waals surface area contributed by atoms with E-state index in [4.69, 9.17) is 0 Å².